The molecule has 0 radical (unpaired) electrons. The molecule has 0 bridgehead atoms. The van der Waals surface area contributed by atoms with Crippen molar-refractivity contribution in [3.8, 4) is 0 Å². The maximum absolute atomic E-state index is 9.61. The molecule has 0 aromatic heterocycles. The number of rotatable bonds is 8. The van der Waals surface area contributed by atoms with Gasteiger partial charge in [-0.2, -0.15) is 0 Å². The van der Waals surface area contributed by atoms with E-state index < -0.39 is 0 Å². The van der Waals surface area contributed by atoms with Gasteiger partial charge in [-0.1, -0.05) is 32.6 Å². The van der Waals surface area contributed by atoms with Crippen LogP contribution in [0.4, 0.5) is 0 Å². The normalized spacial score (nSPS) is 26.0. The summed E-state index contributed by atoms with van der Waals surface area (Å²) >= 11 is 0. The van der Waals surface area contributed by atoms with Gasteiger partial charge in [0.15, 0.2) is 0 Å². The molecule has 1 aliphatic rings. The predicted octanol–water partition coefficient (Wildman–Crippen LogP) is 3.13. The Morgan fingerprint density at radius 2 is 2.00 bits per heavy atom. The summed E-state index contributed by atoms with van der Waals surface area (Å²) in [6.07, 6.45) is 9.50. The molecule has 1 fully saturated rings. The van der Waals surface area contributed by atoms with Crippen LogP contribution in [-0.4, -0.2) is 24.4 Å². The van der Waals surface area contributed by atoms with Crippen LogP contribution in [0.2, 0.25) is 0 Å². The van der Waals surface area contributed by atoms with Gasteiger partial charge in [0.1, 0.15) is 0 Å². The zero-order chi connectivity index (χ0) is 10.9. The third-order valence-electron chi connectivity index (χ3n) is 3.39. The molecule has 0 aliphatic heterocycles. The zero-order valence-electron chi connectivity index (χ0n) is 10.1. The van der Waals surface area contributed by atoms with Crippen LogP contribution in [0, 0.1) is 5.92 Å². The van der Waals surface area contributed by atoms with Gasteiger partial charge < -0.3 is 9.84 Å². The van der Waals surface area contributed by atoms with E-state index in [4.69, 9.17) is 4.74 Å². The Bertz CT molecular complexity index is 147. The molecule has 1 N–H and O–H groups in total. The third-order valence-corrected chi connectivity index (χ3v) is 3.39. The molecule has 1 rings (SSSR count). The quantitative estimate of drug-likeness (QED) is 0.629. The average Bonchev–Trinajstić information content (AvgIpc) is 2.63. The highest BCUT2D eigenvalue weighted by Gasteiger charge is 2.24. The van der Waals surface area contributed by atoms with Gasteiger partial charge in [0.25, 0.3) is 0 Å². The minimum atomic E-state index is -0.0475. The fourth-order valence-electron chi connectivity index (χ4n) is 2.32. The smallest absolute Gasteiger partial charge is 0.0569 e. The Morgan fingerprint density at radius 1 is 1.13 bits per heavy atom. The molecule has 0 aromatic carbocycles. The van der Waals surface area contributed by atoms with Crippen molar-refractivity contribution < 1.29 is 9.84 Å². The van der Waals surface area contributed by atoms with Gasteiger partial charge in [0, 0.05) is 13.2 Å². The fourth-order valence-corrected chi connectivity index (χ4v) is 2.32. The van der Waals surface area contributed by atoms with Crippen LogP contribution in [0.15, 0.2) is 0 Å². The second-order valence-corrected chi connectivity index (χ2v) is 4.72. The number of unbranched alkanes of at least 4 members (excludes halogenated alkanes) is 3. The summed E-state index contributed by atoms with van der Waals surface area (Å²) in [6.45, 7) is 3.97. The molecular weight excluding hydrogens is 188 g/mol. The first-order chi connectivity index (χ1) is 7.34. The van der Waals surface area contributed by atoms with E-state index in [-0.39, 0.29) is 6.10 Å². The van der Waals surface area contributed by atoms with E-state index in [1.54, 1.807) is 0 Å². The summed E-state index contributed by atoms with van der Waals surface area (Å²) in [5.74, 6) is 0.514. The van der Waals surface area contributed by atoms with E-state index >= 15 is 0 Å². The molecule has 2 atom stereocenters. The van der Waals surface area contributed by atoms with Crippen LogP contribution < -0.4 is 0 Å². The molecule has 90 valence electrons. The predicted molar refractivity (Wildman–Crippen MR) is 62.9 cm³/mol. The summed E-state index contributed by atoms with van der Waals surface area (Å²) in [7, 11) is 0. The molecule has 0 heterocycles. The van der Waals surface area contributed by atoms with Crippen LogP contribution in [0.25, 0.3) is 0 Å². The number of aliphatic hydroxyl groups excluding tert-OH is 1. The molecule has 0 spiro atoms. The van der Waals surface area contributed by atoms with Gasteiger partial charge in [-0.15, -0.1) is 0 Å². The summed E-state index contributed by atoms with van der Waals surface area (Å²) in [6, 6.07) is 0. The maximum Gasteiger partial charge on any atom is 0.0569 e. The molecule has 0 saturated heterocycles. The zero-order valence-corrected chi connectivity index (χ0v) is 10.1. The van der Waals surface area contributed by atoms with E-state index in [2.05, 4.69) is 6.92 Å². The minimum absolute atomic E-state index is 0.0475. The Labute approximate surface area is 94.0 Å². The van der Waals surface area contributed by atoms with Gasteiger partial charge in [0.05, 0.1) is 6.10 Å². The minimum Gasteiger partial charge on any atom is -0.393 e. The maximum atomic E-state index is 9.61. The molecule has 2 heteroatoms. The first-order valence-corrected chi connectivity index (χ1v) is 6.60. The number of aliphatic hydroxyl groups is 1. The van der Waals surface area contributed by atoms with Gasteiger partial charge in [-0.05, 0) is 31.6 Å². The highest BCUT2D eigenvalue weighted by atomic mass is 16.5. The lowest BCUT2D eigenvalue weighted by Crippen LogP contribution is -2.15. The molecule has 15 heavy (non-hydrogen) atoms. The lowest BCUT2D eigenvalue weighted by molar-refractivity contribution is 0.0795. The van der Waals surface area contributed by atoms with Crippen LogP contribution in [0.3, 0.4) is 0 Å². The van der Waals surface area contributed by atoms with Crippen LogP contribution in [-0.2, 0) is 4.74 Å². The third kappa shape index (κ3) is 5.53. The summed E-state index contributed by atoms with van der Waals surface area (Å²) in [5.41, 5.74) is 0. The Kier molecular flexibility index (Phi) is 7.03. The molecule has 2 unspecified atom stereocenters. The van der Waals surface area contributed by atoms with Crippen molar-refractivity contribution in [2.75, 3.05) is 13.2 Å². The largest absolute Gasteiger partial charge is 0.393 e. The van der Waals surface area contributed by atoms with Gasteiger partial charge in [0.2, 0.25) is 0 Å². The van der Waals surface area contributed by atoms with Crippen LogP contribution in [0.1, 0.15) is 58.3 Å². The standard InChI is InChI=1S/C13H26O2/c1-2-3-4-5-10-15-11-9-12-7-6-8-13(12)14/h12-14H,2-11H2,1H3. The molecule has 0 aromatic rings. The van der Waals surface area contributed by atoms with Crippen molar-refractivity contribution in [3.05, 3.63) is 0 Å². The van der Waals surface area contributed by atoms with Gasteiger partial charge in [-0.25, -0.2) is 0 Å². The van der Waals surface area contributed by atoms with Crippen LogP contribution >= 0.6 is 0 Å². The van der Waals surface area contributed by atoms with E-state index in [1.807, 2.05) is 0 Å². The van der Waals surface area contributed by atoms with E-state index in [9.17, 15) is 5.11 Å². The highest BCUT2D eigenvalue weighted by Crippen LogP contribution is 2.27. The van der Waals surface area contributed by atoms with Gasteiger partial charge >= 0.3 is 0 Å². The molecular formula is C13H26O2. The first-order valence-electron chi connectivity index (χ1n) is 6.60. The second kappa shape index (κ2) is 8.12. The molecule has 2 nitrogen and oxygen atoms in total. The lowest BCUT2D eigenvalue weighted by Gasteiger charge is -2.13. The van der Waals surface area contributed by atoms with Crippen molar-refractivity contribution in [1.29, 1.82) is 0 Å². The number of ether oxygens (including phenoxy) is 1. The summed E-state index contributed by atoms with van der Waals surface area (Å²) in [4.78, 5) is 0. The summed E-state index contributed by atoms with van der Waals surface area (Å²) < 4.78 is 5.58. The highest BCUT2D eigenvalue weighted by molar-refractivity contribution is 4.76. The van der Waals surface area contributed by atoms with E-state index in [1.165, 1.54) is 38.5 Å². The first kappa shape index (κ1) is 13.0. The fraction of sp³-hybridized carbons (Fsp3) is 1.00. The Balaban J connectivity index is 1.84. The molecule has 1 aliphatic carbocycles. The Hall–Kier alpha value is -0.0800. The molecule has 1 saturated carbocycles. The molecule has 0 amide bonds. The monoisotopic (exact) mass is 214 g/mol. The van der Waals surface area contributed by atoms with Crippen molar-refractivity contribution in [1.82, 2.24) is 0 Å². The van der Waals surface area contributed by atoms with E-state index in [0.29, 0.717) is 5.92 Å². The number of hydrogen-bond acceptors (Lipinski definition) is 2. The SMILES string of the molecule is CCCCCCOCCC1CCCC1O. The van der Waals surface area contributed by atoms with Crippen molar-refractivity contribution in [2.45, 2.75) is 64.4 Å². The van der Waals surface area contributed by atoms with E-state index in [0.717, 1.165) is 26.1 Å². The van der Waals surface area contributed by atoms with Gasteiger partial charge in [-0.3, -0.25) is 0 Å². The van der Waals surface area contributed by atoms with Crippen molar-refractivity contribution in [2.24, 2.45) is 5.92 Å². The van der Waals surface area contributed by atoms with Crippen molar-refractivity contribution in [3.63, 3.8) is 0 Å². The second-order valence-electron chi connectivity index (χ2n) is 4.72. The topological polar surface area (TPSA) is 29.5 Å². The summed E-state index contributed by atoms with van der Waals surface area (Å²) in [5, 5.41) is 9.61. The van der Waals surface area contributed by atoms with Crippen LogP contribution in [0.5, 0.6) is 0 Å². The lowest BCUT2D eigenvalue weighted by atomic mass is 10.0. The van der Waals surface area contributed by atoms with Crippen molar-refractivity contribution >= 4 is 0 Å². The average molecular weight is 214 g/mol. The Morgan fingerprint density at radius 3 is 2.67 bits per heavy atom. The number of hydrogen-bond donors (Lipinski definition) is 1.